The molecule has 104 valence electrons. The first-order valence-corrected chi connectivity index (χ1v) is 7.32. The summed E-state index contributed by atoms with van der Waals surface area (Å²) in [6, 6.07) is 0. The molecule has 0 aromatic carbocycles. The molecule has 0 saturated carbocycles. The largest absolute Gasteiger partial charge is 0.378 e. The van der Waals surface area contributed by atoms with Gasteiger partial charge in [-0.1, -0.05) is 19.1 Å². The first-order chi connectivity index (χ1) is 8.79. The monoisotopic (exact) mass is 253 g/mol. The molecule has 2 aliphatic rings. The van der Waals surface area contributed by atoms with Crippen LogP contribution in [-0.4, -0.2) is 39.0 Å². The van der Waals surface area contributed by atoms with E-state index < -0.39 is 0 Å². The Bertz CT molecular complexity index is 267. The molecular formula is C15H27NO2. The zero-order valence-corrected chi connectivity index (χ0v) is 11.7. The number of nitrogens with one attached hydrogen (secondary N) is 1. The lowest BCUT2D eigenvalue weighted by Gasteiger charge is -2.25. The van der Waals surface area contributed by atoms with Crippen LogP contribution in [0.25, 0.3) is 0 Å². The predicted molar refractivity (Wildman–Crippen MR) is 73.7 cm³/mol. The van der Waals surface area contributed by atoms with Gasteiger partial charge in [0.2, 0.25) is 0 Å². The second-order valence-electron chi connectivity index (χ2n) is 5.73. The fourth-order valence-electron chi connectivity index (χ4n) is 2.87. The Morgan fingerprint density at radius 2 is 1.94 bits per heavy atom. The van der Waals surface area contributed by atoms with Gasteiger partial charge in [-0.3, -0.25) is 0 Å². The van der Waals surface area contributed by atoms with Gasteiger partial charge in [-0.2, -0.15) is 0 Å². The molecule has 1 saturated heterocycles. The van der Waals surface area contributed by atoms with E-state index in [1.54, 1.807) is 0 Å². The smallest absolute Gasteiger partial charge is 0.0813 e. The van der Waals surface area contributed by atoms with E-state index in [0.717, 1.165) is 38.5 Å². The normalized spacial score (nSPS) is 36.1. The SMILES string of the molecule is CNCC1CCC(COCC2CC=CCC2C)O1. The molecule has 1 N–H and O–H groups in total. The molecular weight excluding hydrogens is 226 g/mol. The maximum Gasteiger partial charge on any atom is 0.0813 e. The minimum Gasteiger partial charge on any atom is -0.378 e. The van der Waals surface area contributed by atoms with Crippen LogP contribution in [-0.2, 0) is 9.47 Å². The van der Waals surface area contributed by atoms with E-state index in [0.29, 0.717) is 18.1 Å². The van der Waals surface area contributed by atoms with Crippen molar-refractivity contribution >= 4 is 0 Å². The summed E-state index contributed by atoms with van der Waals surface area (Å²) in [5.74, 6) is 1.46. The Labute approximate surface area is 111 Å². The molecule has 3 heteroatoms. The van der Waals surface area contributed by atoms with Crippen molar-refractivity contribution in [2.24, 2.45) is 11.8 Å². The molecule has 0 aromatic heterocycles. The van der Waals surface area contributed by atoms with Gasteiger partial charge in [-0.15, -0.1) is 0 Å². The van der Waals surface area contributed by atoms with Crippen molar-refractivity contribution in [3.63, 3.8) is 0 Å². The molecule has 4 atom stereocenters. The molecule has 0 radical (unpaired) electrons. The Hall–Kier alpha value is -0.380. The van der Waals surface area contributed by atoms with Gasteiger partial charge in [0.1, 0.15) is 0 Å². The number of likely N-dealkylation sites (N-methyl/N-ethyl adjacent to an activating group) is 1. The summed E-state index contributed by atoms with van der Waals surface area (Å²) in [6.07, 6.45) is 9.99. The Balaban J connectivity index is 1.60. The number of hydrogen-bond donors (Lipinski definition) is 1. The second-order valence-corrected chi connectivity index (χ2v) is 5.73. The van der Waals surface area contributed by atoms with E-state index in [9.17, 15) is 0 Å². The Morgan fingerprint density at radius 3 is 2.72 bits per heavy atom. The van der Waals surface area contributed by atoms with Crippen LogP contribution >= 0.6 is 0 Å². The standard InChI is InChI=1S/C15H27NO2/c1-12-5-3-4-6-13(12)10-17-11-15-8-7-14(18-15)9-16-2/h3-4,12-16H,5-11H2,1-2H3. The number of allylic oxidation sites excluding steroid dienone is 2. The molecule has 0 bridgehead atoms. The van der Waals surface area contributed by atoms with E-state index in [1.165, 1.54) is 12.8 Å². The zero-order valence-electron chi connectivity index (χ0n) is 11.7. The molecule has 0 spiro atoms. The summed E-state index contributed by atoms with van der Waals surface area (Å²) in [7, 11) is 1.98. The Kier molecular flexibility index (Phi) is 5.67. The molecule has 3 nitrogen and oxygen atoms in total. The predicted octanol–water partition coefficient (Wildman–Crippen LogP) is 2.37. The average Bonchev–Trinajstić information content (AvgIpc) is 2.80. The minimum atomic E-state index is 0.317. The highest BCUT2D eigenvalue weighted by atomic mass is 16.5. The van der Waals surface area contributed by atoms with Crippen molar-refractivity contribution in [2.45, 2.75) is 44.8 Å². The average molecular weight is 253 g/mol. The maximum absolute atomic E-state index is 5.92. The van der Waals surface area contributed by atoms with Gasteiger partial charge in [0, 0.05) is 6.54 Å². The van der Waals surface area contributed by atoms with Crippen LogP contribution in [0.2, 0.25) is 0 Å². The molecule has 1 heterocycles. The molecule has 18 heavy (non-hydrogen) atoms. The number of ether oxygens (including phenoxy) is 2. The van der Waals surface area contributed by atoms with Crippen LogP contribution in [0, 0.1) is 11.8 Å². The van der Waals surface area contributed by atoms with Crippen molar-refractivity contribution < 1.29 is 9.47 Å². The molecule has 2 rings (SSSR count). The van der Waals surface area contributed by atoms with Gasteiger partial charge < -0.3 is 14.8 Å². The zero-order chi connectivity index (χ0) is 12.8. The van der Waals surface area contributed by atoms with Gasteiger partial charge in [0.05, 0.1) is 25.4 Å². The number of rotatable bonds is 6. The lowest BCUT2D eigenvalue weighted by Crippen LogP contribution is -2.26. The molecule has 0 amide bonds. The molecule has 0 aromatic rings. The van der Waals surface area contributed by atoms with Crippen LogP contribution in [0.15, 0.2) is 12.2 Å². The number of hydrogen-bond acceptors (Lipinski definition) is 3. The second kappa shape index (κ2) is 7.27. The van der Waals surface area contributed by atoms with Crippen LogP contribution in [0.5, 0.6) is 0 Å². The highest BCUT2D eigenvalue weighted by Crippen LogP contribution is 2.26. The first kappa shape index (κ1) is 14.0. The Morgan fingerprint density at radius 1 is 1.17 bits per heavy atom. The van der Waals surface area contributed by atoms with Gasteiger partial charge in [-0.25, -0.2) is 0 Å². The topological polar surface area (TPSA) is 30.5 Å². The van der Waals surface area contributed by atoms with Crippen LogP contribution in [0.3, 0.4) is 0 Å². The van der Waals surface area contributed by atoms with Crippen molar-refractivity contribution in [2.75, 3.05) is 26.8 Å². The van der Waals surface area contributed by atoms with E-state index in [-0.39, 0.29) is 0 Å². The first-order valence-electron chi connectivity index (χ1n) is 7.32. The summed E-state index contributed by atoms with van der Waals surface area (Å²) in [5, 5.41) is 3.17. The van der Waals surface area contributed by atoms with Crippen molar-refractivity contribution in [1.82, 2.24) is 5.32 Å². The third-order valence-electron chi connectivity index (χ3n) is 4.18. The van der Waals surface area contributed by atoms with Crippen molar-refractivity contribution in [3.05, 3.63) is 12.2 Å². The minimum absolute atomic E-state index is 0.317. The van der Waals surface area contributed by atoms with Gasteiger partial charge in [-0.05, 0) is 44.6 Å². The van der Waals surface area contributed by atoms with Gasteiger partial charge >= 0.3 is 0 Å². The third kappa shape index (κ3) is 4.08. The highest BCUT2D eigenvalue weighted by molar-refractivity contribution is 4.93. The quantitative estimate of drug-likeness (QED) is 0.737. The molecule has 1 fully saturated rings. The van der Waals surface area contributed by atoms with Gasteiger partial charge in [0.15, 0.2) is 0 Å². The third-order valence-corrected chi connectivity index (χ3v) is 4.18. The van der Waals surface area contributed by atoms with E-state index in [4.69, 9.17) is 9.47 Å². The molecule has 4 unspecified atom stereocenters. The van der Waals surface area contributed by atoms with Gasteiger partial charge in [0.25, 0.3) is 0 Å². The summed E-state index contributed by atoms with van der Waals surface area (Å²) in [6.45, 7) is 4.95. The van der Waals surface area contributed by atoms with E-state index in [1.807, 2.05) is 7.05 Å². The fourth-order valence-corrected chi connectivity index (χ4v) is 2.87. The van der Waals surface area contributed by atoms with E-state index >= 15 is 0 Å². The van der Waals surface area contributed by atoms with E-state index in [2.05, 4.69) is 24.4 Å². The maximum atomic E-state index is 5.92. The fraction of sp³-hybridized carbons (Fsp3) is 0.867. The van der Waals surface area contributed by atoms with Crippen molar-refractivity contribution in [1.29, 1.82) is 0 Å². The summed E-state index contributed by atoms with van der Waals surface area (Å²) in [4.78, 5) is 0. The van der Waals surface area contributed by atoms with Crippen LogP contribution < -0.4 is 5.32 Å². The van der Waals surface area contributed by atoms with Crippen molar-refractivity contribution in [3.8, 4) is 0 Å². The summed E-state index contributed by atoms with van der Waals surface area (Å²) in [5.41, 5.74) is 0. The lowest BCUT2D eigenvalue weighted by molar-refractivity contribution is -0.0258. The highest BCUT2D eigenvalue weighted by Gasteiger charge is 2.25. The summed E-state index contributed by atoms with van der Waals surface area (Å²) < 4.78 is 11.8. The molecule has 1 aliphatic carbocycles. The summed E-state index contributed by atoms with van der Waals surface area (Å²) >= 11 is 0. The lowest BCUT2D eigenvalue weighted by atomic mass is 9.85. The van der Waals surface area contributed by atoms with Crippen LogP contribution in [0.4, 0.5) is 0 Å². The van der Waals surface area contributed by atoms with Crippen LogP contribution in [0.1, 0.15) is 32.6 Å². The molecule has 1 aliphatic heterocycles.